The molecule has 0 unspecified atom stereocenters. The van der Waals surface area contributed by atoms with Crippen LogP contribution in [0.2, 0.25) is 0 Å². The second-order valence-electron chi connectivity index (χ2n) is 7.84. The molecule has 0 radical (unpaired) electrons. The summed E-state index contributed by atoms with van der Waals surface area (Å²) in [5.74, 6) is 1.37. The lowest BCUT2D eigenvalue weighted by Crippen LogP contribution is -2.13. The van der Waals surface area contributed by atoms with Gasteiger partial charge >= 0.3 is 0 Å². The Morgan fingerprint density at radius 3 is 2.58 bits per heavy atom. The summed E-state index contributed by atoms with van der Waals surface area (Å²) in [5, 5.41) is 10.3. The molecule has 5 rings (SSSR count). The van der Waals surface area contributed by atoms with E-state index in [9.17, 15) is 4.79 Å². The highest BCUT2D eigenvalue weighted by molar-refractivity contribution is 7.99. The number of fused-ring (bicyclic) bond motifs is 1. The molecule has 166 valence electrons. The van der Waals surface area contributed by atoms with E-state index in [-0.39, 0.29) is 10.8 Å². The summed E-state index contributed by atoms with van der Waals surface area (Å²) in [6.07, 6.45) is 3.49. The number of para-hydroxylation sites is 1. The van der Waals surface area contributed by atoms with Gasteiger partial charge in [-0.3, -0.25) is 14.3 Å². The fraction of sp³-hybridized carbons (Fsp3) is 0.208. The standard InChI is InChI=1S/C24H22N6OS2/c1-13-7-5-6-8-18(13)30-21(17-9-11-25-12-10-17)28-29-24(30)33-16(4)20-26-22(31)19-14(2)15(3)32-23(19)27-20/h5-12,16H,1-4H3,(H,26,27,31)/t16-/m0/s1. The highest BCUT2D eigenvalue weighted by Crippen LogP contribution is 2.37. The minimum Gasteiger partial charge on any atom is -0.309 e. The molecule has 0 amide bonds. The molecule has 0 aliphatic carbocycles. The number of rotatable bonds is 5. The van der Waals surface area contributed by atoms with Crippen molar-refractivity contribution in [2.75, 3.05) is 0 Å². The fourth-order valence-corrected chi connectivity index (χ4v) is 5.70. The van der Waals surface area contributed by atoms with Gasteiger partial charge in [0, 0.05) is 22.8 Å². The number of nitrogens with one attached hydrogen (secondary N) is 1. The molecule has 0 saturated heterocycles. The topological polar surface area (TPSA) is 89.4 Å². The van der Waals surface area contributed by atoms with E-state index in [1.807, 2.05) is 45.0 Å². The molecule has 0 aliphatic heterocycles. The second-order valence-corrected chi connectivity index (χ2v) is 10.3. The number of pyridine rings is 1. The van der Waals surface area contributed by atoms with Crippen LogP contribution in [0.3, 0.4) is 0 Å². The van der Waals surface area contributed by atoms with Crippen LogP contribution in [-0.2, 0) is 0 Å². The molecule has 5 aromatic rings. The summed E-state index contributed by atoms with van der Waals surface area (Å²) in [7, 11) is 0. The van der Waals surface area contributed by atoms with Crippen LogP contribution >= 0.6 is 23.1 Å². The maximum absolute atomic E-state index is 12.8. The first kappa shape index (κ1) is 21.5. The van der Waals surface area contributed by atoms with Crippen molar-refractivity contribution in [1.29, 1.82) is 0 Å². The molecule has 0 bridgehead atoms. The van der Waals surface area contributed by atoms with Gasteiger partial charge in [-0.1, -0.05) is 30.0 Å². The molecule has 7 nitrogen and oxygen atoms in total. The lowest BCUT2D eigenvalue weighted by Gasteiger charge is -2.15. The van der Waals surface area contributed by atoms with Crippen LogP contribution in [0.25, 0.3) is 27.3 Å². The van der Waals surface area contributed by atoms with Crippen LogP contribution < -0.4 is 5.56 Å². The minimum atomic E-state index is -0.137. The fourth-order valence-electron chi connectivity index (χ4n) is 3.74. The molecule has 9 heteroatoms. The van der Waals surface area contributed by atoms with Crippen molar-refractivity contribution in [3.8, 4) is 17.1 Å². The zero-order chi connectivity index (χ0) is 23.1. The predicted octanol–water partition coefficient (Wildman–Crippen LogP) is 5.41. The van der Waals surface area contributed by atoms with Gasteiger partial charge in [0.1, 0.15) is 10.7 Å². The smallest absolute Gasteiger partial charge is 0.259 e. The lowest BCUT2D eigenvalue weighted by molar-refractivity contribution is 0.859. The van der Waals surface area contributed by atoms with Crippen molar-refractivity contribution < 1.29 is 0 Å². The van der Waals surface area contributed by atoms with Gasteiger partial charge in [-0.05, 0) is 57.0 Å². The third-order valence-electron chi connectivity index (χ3n) is 5.65. The number of nitrogens with zero attached hydrogens (tertiary/aromatic N) is 5. The molecular weight excluding hydrogens is 452 g/mol. The van der Waals surface area contributed by atoms with Gasteiger partial charge in [0.15, 0.2) is 11.0 Å². The highest BCUT2D eigenvalue weighted by Gasteiger charge is 2.22. The number of hydrogen-bond donors (Lipinski definition) is 1. The Morgan fingerprint density at radius 1 is 1.06 bits per heavy atom. The number of aryl methyl sites for hydroxylation is 3. The number of aromatic amines is 1. The van der Waals surface area contributed by atoms with E-state index in [1.54, 1.807) is 23.7 Å². The average molecular weight is 475 g/mol. The van der Waals surface area contributed by atoms with Crippen molar-refractivity contribution >= 4 is 33.3 Å². The average Bonchev–Trinajstić information content (AvgIpc) is 3.35. The number of benzene rings is 1. The number of thiophene rings is 1. The molecule has 0 saturated carbocycles. The Kier molecular flexibility index (Phi) is 5.59. The molecule has 4 heterocycles. The summed E-state index contributed by atoms with van der Waals surface area (Å²) in [4.78, 5) is 26.5. The zero-order valence-corrected chi connectivity index (χ0v) is 20.3. The minimum absolute atomic E-state index is 0.0952. The van der Waals surface area contributed by atoms with Gasteiger partial charge in [0.25, 0.3) is 5.56 Å². The van der Waals surface area contributed by atoms with Crippen LogP contribution in [0.5, 0.6) is 0 Å². The van der Waals surface area contributed by atoms with Crippen molar-refractivity contribution in [1.82, 2.24) is 29.7 Å². The van der Waals surface area contributed by atoms with E-state index in [0.29, 0.717) is 11.2 Å². The number of hydrogen-bond acceptors (Lipinski definition) is 7. The molecule has 33 heavy (non-hydrogen) atoms. The van der Waals surface area contributed by atoms with Gasteiger partial charge in [-0.25, -0.2) is 4.98 Å². The number of H-pyrrole nitrogens is 1. The molecular formula is C24H22N6OS2. The van der Waals surface area contributed by atoms with Crippen molar-refractivity contribution in [3.05, 3.63) is 81.0 Å². The first-order chi connectivity index (χ1) is 15.9. The van der Waals surface area contributed by atoms with Gasteiger partial charge in [-0.15, -0.1) is 21.5 Å². The summed E-state index contributed by atoms with van der Waals surface area (Å²) in [6.45, 7) is 8.07. The van der Waals surface area contributed by atoms with Crippen LogP contribution in [-0.4, -0.2) is 29.7 Å². The third-order valence-corrected chi connectivity index (χ3v) is 7.81. The Bertz CT molecular complexity index is 1520. The Hall–Kier alpha value is -3.30. The molecule has 4 aromatic heterocycles. The van der Waals surface area contributed by atoms with Crippen LogP contribution in [0.15, 0.2) is 58.7 Å². The molecule has 1 atom stereocenters. The van der Waals surface area contributed by atoms with E-state index in [1.165, 1.54) is 11.8 Å². The van der Waals surface area contributed by atoms with E-state index in [4.69, 9.17) is 4.98 Å². The SMILES string of the molecule is Cc1ccccc1-n1c(S[C@@H](C)c2nc3sc(C)c(C)c3c(=O)[nH]2)nnc1-c1ccncc1. The first-order valence-electron chi connectivity index (χ1n) is 10.5. The monoisotopic (exact) mass is 474 g/mol. The molecule has 0 spiro atoms. The largest absolute Gasteiger partial charge is 0.309 e. The van der Waals surface area contributed by atoms with Crippen molar-refractivity contribution in [3.63, 3.8) is 0 Å². The molecule has 0 aliphatic rings. The molecule has 0 fully saturated rings. The predicted molar refractivity (Wildman–Crippen MR) is 133 cm³/mol. The maximum Gasteiger partial charge on any atom is 0.259 e. The van der Waals surface area contributed by atoms with E-state index in [0.717, 1.165) is 43.1 Å². The normalized spacial score (nSPS) is 12.4. The summed E-state index contributed by atoms with van der Waals surface area (Å²) >= 11 is 3.07. The summed E-state index contributed by atoms with van der Waals surface area (Å²) < 4.78 is 2.06. The van der Waals surface area contributed by atoms with Crippen LogP contribution in [0.1, 0.15) is 34.0 Å². The summed E-state index contributed by atoms with van der Waals surface area (Å²) in [6, 6.07) is 12.0. The van der Waals surface area contributed by atoms with Gasteiger partial charge < -0.3 is 4.98 Å². The van der Waals surface area contributed by atoms with Crippen LogP contribution in [0, 0.1) is 20.8 Å². The Morgan fingerprint density at radius 2 is 1.82 bits per heavy atom. The third kappa shape index (κ3) is 3.87. The Balaban J connectivity index is 1.59. The second kappa shape index (κ2) is 8.57. The first-order valence-corrected chi connectivity index (χ1v) is 12.2. The maximum atomic E-state index is 12.8. The molecule has 1 N–H and O–H groups in total. The number of aromatic nitrogens is 6. The van der Waals surface area contributed by atoms with Gasteiger partial charge in [0.2, 0.25) is 0 Å². The van der Waals surface area contributed by atoms with E-state index in [2.05, 4.69) is 43.8 Å². The highest BCUT2D eigenvalue weighted by atomic mass is 32.2. The van der Waals surface area contributed by atoms with Gasteiger partial charge in [-0.2, -0.15) is 0 Å². The lowest BCUT2D eigenvalue weighted by atomic mass is 10.2. The van der Waals surface area contributed by atoms with Crippen LogP contribution in [0.4, 0.5) is 0 Å². The van der Waals surface area contributed by atoms with E-state index < -0.39 is 0 Å². The van der Waals surface area contributed by atoms with Gasteiger partial charge in [0.05, 0.1) is 16.3 Å². The summed E-state index contributed by atoms with van der Waals surface area (Å²) in [5.41, 5.74) is 3.95. The molecule has 1 aromatic carbocycles. The van der Waals surface area contributed by atoms with E-state index >= 15 is 0 Å². The zero-order valence-electron chi connectivity index (χ0n) is 18.7. The number of thioether (sulfide) groups is 1. The van der Waals surface area contributed by atoms with Crippen molar-refractivity contribution in [2.24, 2.45) is 0 Å². The quantitative estimate of drug-likeness (QED) is 0.343. The Labute approximate surface area is 199 Å². The van der Waals surface area contributed by atoms with Crippen molar-refractivity contribution in [2.45, 2.75) is 38.1 Å².